The number of hydrogen-bond donors (Lipinski definition) is 4. The Balaban J connectivity index is 2.70. The second-order valence-electron chi connectivity index (χ2n) is 2.93. The van der Waals surface area contributed by atoms with Crippen molar-refractivity contribution in [3.63, 3.8) is 0 Å². The Morgan fingerprint density at radius 2 is 2.07 bits per heavy atom. The van der Waals surface area contributed by atoms with Gasteiger partial charge in [0, 0.05) is 4.91 Å². The largest absolute Gasteiger partial charge is 0.394 e. The molecule has 8 heteroatoms. The Morgan fingerprint density at radius 1 is 1.43 bits per heavy atom. The van der Waals surface area contributed by atoms with Crippen LogP contribution in [-0.2, 0) is 4.74 Å². The van der Waals surface area contributed by atoms with Crippen molar-refractivity contribution in [3.8, 4) is 0 Å². The van der Waals surface area contributed by atoms with Crippen LogP contribution in [0.5, 0.6) is 0 Å². The quantitative estimate of drug-likeness (QED) is 0.242. The molecule has 1 heterocycles. The van der Waals surface area contributed by atoms with Crippen molar-refractivity contribution in [1.29, 1.82) is 0 Å². The molecule has 0 aromatic carbocycles. The fourth-order valence-corrected chi connectivity index (χ4v) is 1.25. The van der Waals surface area contributed by atoms with Crippen LogP contribution in [0.1, 0.15) is 0 Å². The number of aliphatic hydroxyl groups excluding tert-OH is 4. The lowest BCUT2D eigenvalue weighted by atomic mass is 10.1. The number of azide groups is 1. The van der Waals surface area contributed by atoms with E-state index in [-0.39, 0.29) is 0 Å². The summed E-state index contributed by atoms with van der Waals surface area (Å²) >= 11 is 0. The highest BCUT2D eigenvalue weighted by Gasteiger charge is 2.45. The van der Waals surface area contributed by atoms with Crippen LogP contribution in [0.25, 0.3) is 10.4 Å². The van der Waals surface area contributed by atoms with E-state index in [9.17, 15) is 10.2 Å². The van der Waals surface area contributed by atoms with E-state index < -0.39 is 37.3 Å². The number of nitrogens with zero attached hydrogens (tertiary/aromatic N) is 3. The molecule has 5 atom stereocenters. The van der Waals surface area contributed by atoms with Crippen molar-refractivity contribution in [2.24, 2.45) is 5.11 Å². The average Bonchev–Trinajstić information content (AvgIpc) is 2.46. The second-order valence-corrected chi connectivity index (χ2v) is 2.93. The number of aliphatic hydroxyl groups is 4. The van der Waals surface area contributed by atoms with Gasteiger partial charge in [0.05, 0.1) is 6.61 Å². The molecule has 0 aromatic heterocycles. The molecular formula is C6H11N3O5. The minimum Gasteiger partial charge on any atom is -0.394 e. The van der Waals surface area contributed by atoms with Gasteiger partial charge in [-0.1, -0.05) is 5.11 Å². The van der Waals surface area contributed by atoms with Crippen LogP contribution in [0.2, 0.25) is 0 Å². The van der Waals surface area contributed by atoms with Crippen molar-refractivity contribution in [2.75, 3.05) is 6.61 Å². The highest BCUT2D eigenvalue weighted by molar-refractivity contribution is 4.92. The third-order valence-corrected chi connectivity index (χ3v) is 2.01. The normalized spacial score (nSPS) is 39.1. The van der Waals surface area contributed by atoms with Crippen LogP contribution >= 0.6 is 0 Å². The molecule has 0 aromatic rings. The molecule has 4 N–H and O–H groups in total. The number of hydrogen-bond acceptors (Lipinski definition) is 6. The molecule has 1 aliphatic heterocycles. The van der Waals surface area contributed by atoms with Crippen LogP contribution in [0.4, 0.5) is 0 Å². The third-order valence-electron chi connectivity index (χ3n) is 2.01. The van der Waals surface area contributed by atoms with Crippen LogP contribution in [0.3, 0.4) is 0 Å². The van der Waals surface area contributed by atoms with E-state index in [4.69, 9.17) is 20.5 Å². The Bertz CT molecular complexity index is 244. The van der Waals surface area contributed by atoms with E-state index in [1.165, 1.54) is 0 Å². The van der Waals surface area contributed by atoms with Crippen LogP contribution < -0.4 is 0 Å². The van der Waals surface area contributed by atoms with Gasteiger partial charge in [-0.15, -0.1) is 0 Å². The standard InChI is InChI=1S/C6H11N3O5/c7-9-8-6-4(13)3(12)5(14-6)2(11)1-10/h2-6,10-13H,1H2/t2-,3+,4+,5-,6-/m0/s1. The summed E-state index contributed by atoms with van der Waals surface area (Å²) < 4.78 is 4.85. The average molecular weight is 205 g/mol. The van der Waals surface area contributed by atoms with Gasteiger partial charge < -0.3 is 25.2 Å². The lowest BCUT2D eigenvalue weighted by Crippen LogP contribution is -2.40. The number of rotatable bonds is 3. The molecular weight excluding hydrogens is 194 g/mol. The first-order valence-corrected chi connectivity index (χ1v) is 3.96. The topological polar surface area (TPSA) is 139 Å². The summed E-state index contributed by atoms with van der Waals surface area (Å²) in [6.45, 7) is -0.614. The van der Waals surface area contributed by atoms with Crippen molar-refractivity contribution < 1.29 is 25.2 Å². The van der Waals surface area contributed by atoms with Gasteiger partial charge in [-0.25, -0.2) is 0 Å². The summed E-state index contributed by atoms with van der Waals surface area (Å²) in [6.07, 6.45) is -6.48. The SMILES string of the molecule is [N-]=[N+]=N[C@H]1O[C@@H]([C@@H](O)CO)[C@H](O)[C@H]1O. The minimum atomic E-state index is -1.39. The van der Waals surface area contributed by atoms with E-state index in [1.54, 1.807) is 0 Å². The zero-order chi connectivity index (χ0) is 10.7. The summed E-state index contributed by atoms with van der Waals surface area (Å²) in [5.41, 5.74) is 8.09. The lowest BCUT2D eigenvalue weighted by Gasteiger charge is -2.18. The molecule has 1 saturated heterocycles. The van der Waals surface area contributed by atoms with E-state index >= 15 is 0 Å². The summed E-state index contributed by atoms with van der Waals surface area (Å²) in [5.74, 6) is 0. The third kappa shape index (κ3) is 1.95. The van der Waals surface area contributed by atoms with Gasteiger partial charge in [0.25, 0.3) is 0 Å². The van der Waals surface area contributed by atoms with E-state index in [2.05, 4.69) is 10.0 Å². The molecule has 0 unspecified atom stereocenters. The van der Waals surface area contributed by atoms with Gasteiger partial charge in [-0.2, -0.15) is 0 Å². The lowest BCUT2D eigenvalue weighted by molar-refractivity contribution is -0.0802. The molecule has 1 aliphatic rings. The Hall–Kier alpha value is -0.890. The highest BCUT2D eigenvalue weighted by atomic mass is 16.6. The van der Waals surface area contributed by atoms with Gasteiger partial charge >= 0.3 is 0 Å². The van der Waals surface area contributed by atoms with E-state index in [0.29, 0.717) is 0 Å². The monoisotopic (exact) mass is 205 g/mol. The maximum absolute atomic E-state index is 9.33. The molecule has 0 spiro atoms. The Labute approximate surface area is 79.0 Å². The highest BCUT2D eigenvalue weighted by Crippen LogP contribution is 2.24. The van der Waals surface area contributed by atoms with E-state index in [0.717, 1.165) is 0 Å². The molecule has 0 bridgehead atoms. The Morgan fingerprint density at radius 3 is 2.57 bits per heavy atom. The van der Waals surface area contributed by atoms with Crippen LogP contribution in [0, 0.1) is 0 Å². The molecule has 1 fully saturated rings. The van der Waals surface area contributed by atoms with Crippen LogP contribution in [-0.4, -0.2) is 57.7 Å². The predicted octanol–water partition coefficient (Wildman–Crippen LogP) is -1.90. The zero-order valence-corrected chi connectivity index (χ0v) is 7.13. The van der Waals surface area contributed by atoms with Gasteiger partial charge in [0.2, 0.25) is 0 Å². The smallest absolute Gasteiger partial charge is 0.165 e. The summed E-state index contributed by atoms with van der Waals surface area (Å²) in [4.78, 5) is 2.41. The molecule has 0 saturated carbocycles. The minimum absolute atomic E-state index is 0.614. The Kier molecular flexibility index (Phi) is 3.64. The second kappa shape index (κ2) is 4.56. The van der Waals surface area contributed by atoms with Crippen molar-refractivity contribution >= 4 is 0 Å². The van der Waals surface area contributed by atoms with Gasteiger partial charge in [-0.05, 0) is 5.53 Å². The van der Waals surface area contributed by atoms with E-state index in [1.807, 2.05) is 0 Å². The molecule has 8 nitrogen and oxygen atoms in total. The molecule has 80 valence electrons. The van der Waals surface area contributed by atoms with Gasteiger partial charge in [0.1, 0.15) is 24.4 Å². The number of ether oxygens (including phenoxy) is 1. The summed E-state index contributed by atoms with van der Waals surface area (Å²) in [6, 6.07) is 0. The fourth-order valence-electron chi connectivity index (χ4n) is 1.25. The first-order chi connectivity index (χ1) is 6.61. The maximum atomic E-state index is 9.33. The first-order valence-electron chi connectivity index (χ1n) is 3.96. The molecule has 14 heavy (non-hydrogen) atoms. The van der Waals surface area contributed by atoms with Gasteiger partial charge in [0.15, 0.2) is 6.23 Å². The van der Waals surface area contributed by atoms with Crippen molar-refractivity contribution in [2.45, 2.75) is 30.6 Å². The van der Waals surface area contributed by atoms with Crippen molar-refractivity contribution in [1.82, 2.24) is 0 Å². The maximum Gasteiger partial charge on any atom is 0.165 e. The first kappa shape index (κ1) is 11.2. The molecule has 0 amide bonds. The fraction of sp³-hybridized carbons (Fsp3) is 1.00. The molecule has 1 rings (SSSR count). The summed E-state index contributed by atoms with van der Waals surface area (Å²) in [5, 5.41) is 39.4. The van der Waals surface area contributed by atoms with Gasteiger partial charge in [-0.3, -0.25) is 0 Å². The van der Waals surface area contributed by atoms with Crippen molar-refractivity contribution in [3.05, 3.63) is 10.4 Å². The zero-order valence-electron chi connectivity index (χ0n) is 7.13. The molecule has 0 radical (unpaired) electrons. The predicted molar refractivity (Wildman–Crippen MR) is 42.9 cm³/mol. The summed E-state index contributed by atoms with van der Waals surface area (Å²) in [7, 11) is 0. The van der Waals surface area contributed by atoms with Crippen LogP contribution in [0.15, 0.2) is 5.11 Å². The molecule has 0 aliphatic carbocycles.